The average Bonchev–Trinajstić information content (AvgIpc) is 2.69. The van der Waals surface area contributed by atoms with Crippen LogP contribution in [0.2, 0.25) is 0 Å². The molecule has 0 spiro atoms. The molecule has 1 fully saturated rings. The van der Waals surface area contributed by atoms with Crippen molar-refractivity contribution in [3.8, 4) is 0 Å². The fourth-order valence-corrected chi connectivity index (χ4v) is 3.02. The van der Waals surface area contributed by atoms with Crippen LogP contribution < -0.4 is 5.32 Å². The second-order valence-electron chi connectivity index (χ2n) is 8.26. The van der Waals surface area contributed by atoms with E-state index in [1.165, 1.54) is 6.08 Å². The smallest absolute Gasteiger partial charge is 0.412 e. The summed E-state index contributed by atoms with van der Waals surface area (Å²) in [6, 6.07) is 9.13. The molecule has 1 saturated heterocycles. The van der Waals surface area contributed by atoms with E-state index < -0.39 is 17.7 Å². The Kier molecular flexibility index (Phi) is 8.26. The number of nitrogens with zero attached hydrogens (tertiary/aromatic N) is 1. The molecular formula is C22H30N2O6. The molecule has 0 bridgehead atoms. The van der Waals surface area contributed by atoms with Crippen molar-refractivity contribution in [2.24, 2.45) is 5.92 Å². The molecule has 0 aromatic heterocycles. The van der Waals surface area contributed by atoms with Crippen LogP contribution in [0.1, 0.15) is 45.6 Å². The van der Waals surface area contributed by atoms with E-state index in [0.717, 1.165) is 18.4 Å². The summed E-state index contributed by atoms with van der Waals surface area (Å²) in [5.41, 5.74) is 0.0706. The molecule has 30 heavy (non-hydrogen) atoms. The fraction of sp³-hybridized carbons (Fsp3) is 0.500. The minimum Gasteiger partial charge on any atom is -0.477 e. The number of carboxylic acid groups (broad SMARTS) is 1. The van der Waals surface area contributed by atoms with Crippen molar-refractivity contribution < 1.29 is 29.0 Å². The maximum Gasteiger partial charge on any atom is 0.412 e. The molecule has 2 N–H and O–H groups in total. The minimum absolute atomic E-state index is 0.0582. The first-order valence-electron chi connectivity index (χ1n) is 10.0. The van der Waals surface area contributed by atoms with Gasteiger partial charge in [-0.2, -0.15) is 0 Å². The van der Waals surface area contributed by atoms with Crippen LogP contribution in [0.4, 0.5) is 9.59 Å². The molecule has 2 rings (SSSR count). The molecule has 0 radical (unpaired) electrons. The first-order chi connectivity index (χ1) is 14.1. The Hall–Kier alpha value is -3.03. The highest BCUT2D eigenvalue weighted by atomic mass is 16.6. The normalized spacial score (nSPS) is 15.4. The number of nitrogens with one attached hydrogen (secondary N) is 1. The summed E-state index contributed by atoms with van der Waals surface area (Å²) in [6.45, 7) is 6.66. The standard InChI is InChI=1S/C22H30N2O6/c1-22(2,3)30-21(28)24-13-11-16(12-14-24)9-10-18(19(25)26)23-20(27)29-15-17-7-5-4-6-8-17/h4-8,10,16H,9,11-15H2,1-3H3,(H,23,27)(H,25,26)/b18-10-. The molecule has 2 amide bonds. The van der Waals surface area contributed by atoms with Gasteiger partial charge in [-0.3, -0.25) is 5.32 Å². The number of hydrogen-bond donors (Lipinski definition) is 2. The third-order valence-electron chi connectivity index (χ3n) is 4.60. The third-order valence-corrected chi connectivity index (χ3v) is 4.60. The van der Waals surface area contributed by atoms with Crippen molar-refractivity contribution in [1.82, 2.24) is 10.2 Å². The first kappa shape index (κ1) is 23.3. The van der Waals surface area contributed by atoms with Crippen LogP contribution in [0.25, 0.3) is 0 Å². The minimum atomic E-state index is -1.22. The number of allylic oxidation sites excluding steroid dienone is 1. The van der Waals surface area contributed by atoms with E-state index in [4.69, 9.17) is 9.47 Å². The summed E-state index contributed by atoms with van der Waals surface area (Å²) < 4.78 is 10.4. The number of rotatable bonds is 6. The van der Waals surface area contributed by atoms with Crippen LogP contribution in [0, 0.1) is 5.92 Å². The van der Waals surface area contributed by atoms with Gasteiger partial charge in [0.1, 0.15) is 17.9 Å². The van der Waals surface area contributed by atoms with Gasteiger partial charge in [-0.15, -0.1) is 0 Å². The van der Waals surface area contributed by atoms with Crippen LogP contribution in [-0.4, -0.2) is 46.9 Å². The SMILES string of the molecule is CC(C)(C)OC(=O)N1CCC(C/C=C(\NC(=O)OCc2ccccc2)C(=O)O)CC1. The highest BCUT2D eigenvalue weighted by Gasteiger charge is 2.26. The molecular weight excluding hydrogens is 388 g/mol. The van der Waals surface area contributed by atoms with E-state index in [1.54, 1.807) is 4.90 Å². The number of amides is 2. The van der Waals surface area contributed by atoms with Crippen molar-refractivity contribution in [3.63, 3.8) is 0 Å². The van der Waals surface area contributed by atoms with Gasteiger partial charge < -0.3 is 19.5 Å². The second-order valence-corrected chi connectivity index (χ2v) is 8.26. The zero-order valence-electron chi connectivity index (χ0n) is 17.7. The highest BCUT2D eigenvalue weighted by molar-refractivity contribution is 5.90. The van der Waals surface area contributed by atoms with E-state index in [2.05, 4.69) is 5.32 Å². The van der Waals surface area contributed by atoms with E-state index in [0.29, 0.717) is 19.5 Å². The lowest BCUT2D eigenvalue weighted by Gasteiger charge is -2.33. The van der Waals surface area contributed by atoms with Gasteiger partial charge >= 0.3 is 18.2 Å². The molecule has 164 valence electrons. The van der Waals surface area contributed by atoms with Crippen molar-refractivity contribution >= 4 is 18.2 Å². The number of piperidine rings is 1. The lowest BCUT2D eigenvalue weighted by Crippen LogP contribution is -2.41. The van der Waals surface area contributed by atoms with Crippen LogP contribution in [-0.2, 0) is 20.9 Å². The maximum absolute atomic E-state index is 12.1. The van der Waals surface area contributed by atoms with Crippen molar-refractivity contribution in [3.05, 3.63) is 47.7 Å². The predicted molar refractivity (Wildman–Crippen MR) is 111 cm³/mol. The number of likely N-dealkylation sites (tertiary alicyclic amines) is 1. The zero-order valence-corrected chi connectivity index (χ0v) is 17.7. The van der Waals surface area contributed by atoms with Crippen molar-refractivity contribution in [2.75, 3.05) is 13.1 Å². The summed E-state index contributed by atoms with van der Waals surface area (Å²) in [4.78, 5) is 37.2. The Morgan fingerprint density at radius 3 is 2.37 bits per heavy atom. The molecule has 0 saturated carbocycles. The molecule has 1 aromatic carbocycles. The van der Waals surface area contributed by atoms with Crippen molar-refractivity contribution in [1.29, 1.82) is 0 Å². The van der Waals surface area contributed by atoms with Gasteiger partial charge in [-0.1, -0.05) is 36.4 Å². The Labute approximate surface area is 176 Å². The van der Waals surface area contributed by atoms with Gasteiger partial charge in [-0.05, 0) is 51.5 Å². The fourth-order valence-electron chi connectivity index (χ4n) is 3.02. The lowest BCUT2D eigenvalue weighted by molar-refractivity contribution is -0.133. The molecule has 0 atom stereocenters. The summed E-state index contributed by atoms with van der Waals surface area (Å²) in [5.74, 6) is -1.00. The summed E-state index contributed by atoms with van der Waals surface area (Å²) in [5, 5.41) is 11.6. The summed E-state index contributed by atoms with van der Waals surface area (Å²) in [7, 11) is 0. The first-order valence-corrected chi connectivity index (χ1v) is 10.0. The zero-order chi connectivity index (χ0) is 22.1. The molecule has 0 unspecified atom stereocenters. The van der Waals surface area contributed by atoms with E-state index >= 15 is 0 Å². The Balaban J connectivity index is 1.80. The maximum atomic E-state index is 12.1. The number of carbonyl (C=O) groups is 3. The lowest BCUT2D eigenvalue weighted by atomic mass is 9.93. The molecule has 0 aliphatic carbocycles. The highest BCUT2D eigenvalue weighted by Crippen LogP contribution is 2.23. The number of aliphatic carboxylic acids is 1. The van der Waals surface area contributed by atoms with Gasteiger partial charge in [0, 0.05) is 13.1 Å². The Morgan fingerprint density at radius 2 is 1.80 bits per heavy atom. The second kappa shape index (κ2) is 10.7. The summed E-state index contributed by atoms with van der Waals surface area (Å²) >= 11 is 0. The number of ether oxygens (including phenoxy) is 2. The molecule has 1 heterocycles. The van der Waals surface area contributed by atoms with Crippen molar-refractivity contribution in [2.45, 2.75) is 52.2 Å². The third kappa shape index (κ3) is 8.14. The van der Waals surface area contributed by atoms with Crippen LogP contribution in [0.3, 0.4) is 0 Å². The molecule has 1 aliphatic heterocycles. The van der Waals surface area contributed by atoms with Crippen LogP contribution in [0.15, 0.2) is 42.1 Å². The Morgan fingerprint density at radius 1 is 1.17 bits per heavy atom. The monoisotopic (exact) mass is 418 g/mol. The van der Waals surface area contributed by atoms with Gasteiger partial charge in [0.05, 0.1) is 0 Å². The molecule has 1 aliphatic rings. The molecule has 8 heteroatoms. The molecule has 8 nitrogen and oxygen atoms in total. The van der Waals surface area contributed by atoms with Gasteiger partial charge in [0.2, 0.25) is 0 Å². The largest absolute Gasteiger partial charge is 0.477 e. The van der Waals surface area contributed by atoms with E-state index in [-0.39, 0.29) is 24.3 Å². The number of benzene rings is 1. The topological polar surface area (TPSA) is 105 Å². The van der Waals surface area contributed by atoms with Gasteiger partial charge in [0.15, 0.2) is 0 Å². The Bertz CT molecular complexity index is 762. The molecule has 1 aromatic rings. The number of hydrogen-bond acceptors (Lipinski definition) is 5. The van der Waals surface area contributed by atoms with Gasteiger partial charge in [0.25, 0.3) is 0 Å². The predicted octanol–water partition coefficient (Wildman–Crippen LogP) is 3.92. The quantitative estimate of drug-likeness (QED) is 0.679. The van der Waals surface area contributed by atoms with E-state index in [1.807, 2.05) is 51.1 Å². The average molecular weight is 418 g/mol. The number of alkyl carbamates (subject to hydrolysis) is 1. The van der Waals surface area contributed by atoms with Crippen LogP contribution in [0.5, 0.6) is 0 Å². The number of carboxylic acids is 1. The van der Waals surface area contributed by atoms with E-state index in [9.17, 15) is 19.5 Å². The van der Waals surface area contributed by atoms with Gasteiger partial charge in [-0.25, -0.2) is 14.4 Å². The number of carbonyl (C=O) groups excluding carboxylic acids is 2. The van der Waals surface area contributed by atoms with Crippen LogP contribution >= 0.6 is 0 Å². The summed E-state index contributed by atoms with van der Waals surface area (Å²) in [6.07, 6.45) is 2.32.